The quantitative estimate of drug-likeness (QED) is 0.901. The number of aryl methyl sites for hydroxylation is 2. The van der Waals surface area contributed by atoms with Crippen LogP contribution in [0.1, 0.15) is 30.7 Å². The molecule has 3 rings (SSSR count). The smallest absolute Gasteiger partial charge is 0.195 e. The highest BCUT2D eigenvalue weighted by atomic mass is 16.3. The van der Waals surface area contributed by atoms with Crippen molar-refractivity contribution in [1.29, 1.82) is 0 Å². The van der Waals surface area contributed by atoms with E-state index in [1.54, 1.807) is 0 Å². The molecule has 0 radical (unpaired) electrons. The Labute approximate surface area is 108 Å². The van der Waals surface area contributed by atoms with E-state index in [4.69, 9.17) is 4.42 Å². The first-order chi connectivity index (χ1) is 8.81. The third kappa shape index (κ3) is 2.56. The Morgan fingerprint density at radius 2 is 2.39 bits per heavy atom. The van der Waals surface area contributed by atoms with Gasteiger partial charge in [0.05, 0.1) is 0 Å². The molecule has 0 aliphatic carbocycles. The molecule has 0 saturated carbocycles. The van der Waals surface area contributed by atoms with Gasteiger partial charge < -0.3 is 9.73 Å². The van der Waals surface area contributed by atoms with Crippen molar-refractivity contribution in [3.8, 4) is 0 Å². The number of piperidine rings is 1. The summed E-state index contributed by atoms with van der Waals surface area (Å²) in [4.78, 5) is 4.55. The number of hydrogen-bond acceptors (Lipinski definition) is 3. The topological polar surface area (TPSA) is 38.1 Å². The predicted octanol–water partition coefficient (Wildman–Crippen LogP) is 3.07. The molecule has 18 heavy (non-hydrogen) atoms. The van der Waals surface area contributed by atoms with Crippen molar-refractivity contribution in [2.75, 3.05) is 13.1 Å². The van der Waals surface area contributed by atoms with Crippen molar-refractivity contribution in [2.45, 2.75) is 32.6 Å². The number of nitrogens with one attached hydrogen (secondary N) is 1. The van der Waals surface area contributed by atoms with Crippen LogP contribution in [0, 0.1) is 12.8 Å². The highest BCUT2D eigenvalue weighted by Gasteiger charge is 2.14. The molecule has 2 aromatic rings. The first kappa shape index (κ1) is 11.7. The summed E-state index contributed by atoms with van der Waals surface area (Å²) in [7, 11) is 0. The first-order valence-corrected chi connectivity index (χ1v) is 6.88. The lowest BCUT2D eigenvalue weighted by molar-refractivity contribution is 0.347. The van der Waals surface area contributed by atoms with Crippen LogP contribution in [0.5, 0.6) is 0 Å². The molecule has 1 aromatic heterocycles. The number of benzene rings is 1. The summed E-state index contributed by atoms with van der Waals surface area (Å²) in [6.45, 7) is 4.41. The highest BCUT2D eigenvalue weighted by molar-refractivity contribution is 5.73. The van der Waals surface area contributed by atoms with Crippen LogP contribution in [0.15, 0.2) is 22.6 Å². The van der Waals surface area contributed by atoms with Gasteiger partial charge in [-0.15, -0.1) is 0 Å². The first-order valence-electron chi connectivity index (χ1n) is 6.88. The fourth-order valence-corrected chi connectivity index (χ4v) is 2.68. The largest absolute Gasteiger partial charge is 0.441 e. The van der Waals surface area contributed by atoms with Crippen LogP contribution in [-0.2, 0) is 6.42 Å². The van der Waals surface area contributed by atoms with E-state index in [9.17, 15) is 0 Å². The lowest BCUT2D eigenvalue weighted by Gasteiger charge is -2.21. The van der Waals surface area contributed by atoms with Crippen molar-refractivity contribution in [3.05, 3.63) is 29.7 Å². The van der Waals surface area contributed by atoms with Gasteiger partial charge >= 0.3 is 0 Å². The maximum Gasteiger partial charge on any atom is 0.195 e. The van der Waals surface area contributed by atoms with Crippen molar-refractivity contribution >= 4 is 11.1 Å². The van der Waals surface area contributed by atoms with Crippen LogP contribution in [0.4, 0.5) is 0 Å². The molecule has 1 N–H and O–H groups in total. The number of fused-ring (bicyclic) bond motifs is 1. The van der Waals surface area contributed by atoms with E-state index < -0.39 is 0 Å². The Morgan fingerprint density at radius 1 is 1.44 bits per heavy atom. The molecule has 96 valence electrons. The molecule has 1 aliphatic rings. The SMILES string of the molecule is Cc1ccc2nc(CCC3CCCNC3)oc2c1. The van der Waals surface area contributed by atoms with Gasteiger partial charge in [0.2, 0.25) is 0 Å². The molecule has 0 amide bonds. The van der Waals surface area contributed by atoms with E-state index in [1.807, 2.05) is 6.07 Å². The fraction of sp³-hybridized carbons (Fsp3) is 0.533. The van der Waals surface area contributed by atoms with E-state index in [0.29, 0.717) is 0 Å². The van der Waals surface area contributed by atoms with Crippen molar-refractivity contribution in [3.63, 3.8) is 0 Å². The number of hydrogen-bond donors (Lipinski definition) is 1. The molecule has 1 unspecified atom stereocenters. The Morgan fingerprint density at radius 3 is 3.22 bits per heavy atom. The predicted molar refractivity (Wildman–Crippen MR) is 72.7 cm³/mol. The number of oxazole rings is 1. The molecule has 3 heteroatoms. The molecule has 1 fully saturated rings. The van der Waals surface area contributed by atoms with Gasteiger partial charge in [0, 0.05) is 6.42 Å². The molecule has 1 atom stereocenters. The second kappa shape index (κ2) is 5.11. The maximum atomic E-state index is 5.81. The van der Waals surface area contributed by atoms with Crippen LogP contribution in [0.25, 0.3) is 11.1 Å². The average molecular weight is 244 g/mol. The summed E-state index contributed by atoms with van der Waals surface area (Å²) in [5.74, 6) is 1.68. The summed E-state index contributed by atoms with van der Waals surface area (Å²) in [6, 6.07) is 6.19. The van der Waals surface area contributed by atoms with Gasteiger partial charge in [-0.05, 0) is 62.9 Å². The highest BCUT2D eigenvalue weighted by Crippen LogP contribution is 2.21. The Hall–Kier alpha value is -1.35. The summed E-state index contributed by atoms with van der Waals surface area (Å²) in [6.07, 6.45) is 4.78. The number of rotatable bonds is 3. The van der Waals surface area contributed by atoms with Crippen LogP contribution in [0.3, 0.4) is 0 Å². The van der Waals surface area contributed by atoms with Crippen LogP contribution >= 0.6 is 0 Å². The summed E-state index contributed by atoms with van der Waals surface area (Å²) < 4.78 is 5.81. The summed E-state index contributed by atoms with van der Waals surface area (Å²) in [5.41, 5.74) is 3.13. The molecule has 2 heterocycles. The van der Waals surface area contributed by atoms with Crippen molar-refractivity contribution < 1.29 is 4.42 Å². The van der Waals surface area contributed by atoms with Gasteiger partial charge in [0.1, 0.15) is 5.52 Å². The van der Waals surface area contributed by atoms with Gasteiger partial charge in [0.25, 0.3) is 0 Å². The summed E-state index contributed by atoms with van der Waals surface area (Å²) in [5, 5.41) is 3.45. The summed E-state index contributed by atoms with van der Waals surface area (Å²) >= 11 is 0. The Kier molecular flexibility index (Phi) is 3.33. The zero-order valence-corrected chi connectivity index (χ0v) is 10.9. The zero-order chi connectivity index (χ0) is 12.4. The van der Waals surface area contributed by atoms with Gasteiger partial charge in [-0.25, -0.2) is 4.98 Å². The third-order valence-corrected chi connectivity index (χ3v) is 3.75. The van der Waals surface area contributed by atoms with Crippen molar-refractivity contribution in [2.24, 2.45) is 5.92 Å². The Balaban J connectivity index is 1.67. The monoisotopic (exact) mass is 244 g/mol. The van der Waals surface area contributed by atoms with Crippen LogP contribution in [0.2, 0.25) is 0 Å². The molecule has 1 aromatic carbocycles. The molecule has 3 nitrogen and oxygen atoms in total. The van der Waals surface area contributed by atoms with Gasteiger partial charge in [-0.2, -0.15) is 0 Å². The third-order valence-electron chi connectivity index (χ3n) is 3.75. The molecule has 1 aliphatic heterocycles. The van der Waals surface area contributed by atoms with Crippen molar-refractivity contribution in [1.82, 2.24) is 10.3 Å². The molecule has 1 saturated heterocycles. The maximum absolute atomic E-state index is 5.81. The van der Waals surface area contributed by atoms with Crippen LogP contribution in [-0.4, -0.2) is 18.1 Å². The zero-order valence-electron chi connectivity index (χ0n) is 10.9. The second-order valence-electron chi connectivity index (χ2n) is 5.33. The standard InChI is InChI=1S/C15H20N2O/c1-11-4-6-13-14(9-11)18-15(17-13)7-5-12-3-2-8-16-10-12/h4,6,9,12,16H,2-3,5,7-8,10H2,1H3. The van der Waals surface area contributed by atoms with Gasteiger partial charge in [-0.3, -0.25) is 0 Å². The normalized spacial score (nSPS) is 20.4. The lowest BCUT2D eigenvalue weighted by atomic mass is 9.95. The van der Waals surface area contributed by atoms with E-state index in [0.717, 1.165) is 35.9 Å². The average Bonchev–Trinajstić information content (AvgIpc) is 2.79. The minimum absolute atomic E-state index is 0.787. The second-order valence-corrected chi connectivity index (χ2v) is 5.33. The molecule has 0 spiro atoms. The Bertz CT molecular complexity index is 526. The van der Waals surface area contributed by atoms with E-state index in [-0.39, 0.29) is 0 Å². The van der Waals surface area contributed by atoms with E-state index >= 15 is 0 Å². The fourth-order valence-electron chi connectivity index (χ4n) is 2.68. The molecular weight excluding hydrogens is 224 g/mol. The number of nitrogens with zero attached hydrogens (tertiary/aromatic N) is 1. The van der Waals surface area contributed by atoms with Gasteiger partial charge in [-0.1, -0.05) is 6.07 Å². The lowest BCUT2D eigenvalue weighted by Crippen LogP contribution is -2.29. The minimum Gasteiger partial charge on any atom is -0.441 e. The van der Waals surface area contributed by atoms with Gasteiger partial charge in [0.15, 0.2) is 11.5 Å². The molecular formula is C15H20N2O. The minimum atomic E-state index is 0.787. The van der Waals surface area contributed by atoms with E-state index in [1.165, 1.54) is 31.4 Å². The number of aromatic nitrogens is 1. The molecule has 0 bridgehead atoms. The van der Waals surface area contributed by atoms with Crippen LogP contribution < -0.4 is 5.32 Å². The van der Waals surface area contributed by atoms with E-state index in [2.05, 4.69) is 29.4 Å².